The molecule has 0 spiro atoms. The van der Waals surface area contributed by atoms with E-state index in [-0.39, 0.29) is 18.3 Å². The second kappa shape index (κ2) is 6.67. The molecule has 20 heavy (non-hydrogen) atoms. The molecule has 110 valence electrons. The van der Waals surface area contributed by atoms with E-state index in [1.165, 1.54) is 12.1 Å². The zero-order valence-electron chi connectivity index (χ0n) is 11.3. The van der Waals surface area contributed by atoms with E-state index in [2.05, 4.69) is 0 Å². The molecule has 1 atom stereocenters. The Labute approximate surface area is 116 Å². The molecule has 1 N–H and O–H groups in total. The quantitative estimate of drug-likeness (QED) is 0.893. The number of carbonyl (C=O) groups is 1. The molecule has 0 bridgehead atoms. The van der Waals surface area contributed by atoms with Crippen molar-refractivity contribution in [2.24, 2.45) is 0 Å². The van der Waals surface area contributed by atoms with Gasteiger partial charge in [-0.2, -0.15) is 0 Å². The molecule has 1 aromatic carbocycles. The van der Waals surface area contributed by atoms with Crippen LogP contribution in [0.4, 0.5) is 4.39 Å². The lowest BCUT2D eigenvalue weighted by molar-refractivity contribution is -0.142. The van der Waals surface area contributed by atoms with Crippen LogP contribution in [0.15, 0.2) is 18.2 Å². The van der Waals surface area contributed by atoms with E-state index in [0.717, 1.165) is 0 Å². The highest BCUT2D eigenvalue weighted by Crippen LogP contribution is 2.20. The number of aliphatic hydroxyl groups is 1. The number of morpholine rings is 1. The lowest BCUT2D eigenvalue weighted by atomic mass is 10.2. The Hall–Kier alpha value is -1.66. The van der Waals surface area contributed by atoms with Crippen LogP contribution >= 0.6 is 0 Å². The maximum atomic E-state index is 13.7. The zero-order chi connectivity index (χ0) is 14.5. The van der Waals surface area contributed by atoms with Crippen LogP contribution in [0.2, 0.25) is 0 Å². The number of aliphatic hydroxyl groups excluding tert-OH is 1. The largest absolute Gasteiger partial charge is 0.478 e. The maximum absolute atomic E-state index is 13.7. The summed E-state index contributed by atoms with van der Waals surface area (Å²) in [5.41, 5.74) is 0.460. The summed E-state index contributed by atoms with van der Waals surface area (Å²) in [7, 11) is 0. The lowest BCUT2D eigenvalue weighted by Crippen LogP contribution is -2.46. The van der Waals surface area contributed by atoms with Crippen LogP contribution in [-0.2, 0) is 16.1 Å². The Bertz CT molecular complexity index is 474. The van der Waals surface area contributed by atoms with Crippen molar-refractivity contribution in [1.29, 1.82) is 0 Å². The minimum atomic E-state index is -0.762. The van der Waals surface area contributed by atoms with Gasteiger partial charge in [-0.15, -0.1) is 0 Å². The van der Waals surface area contributed by atoms with Gasteiger partial charge in [0.2, 0.25) is 0 Å². The van der Waals surface area contributed by atoms with Crippen molar-refractivity contribution in [2.75, 3.05) is 26.3 Å². The molecule has 1 unspecified atom stereocenters. The fourth-order valence-corrected chi connectivity index (χ4v) is 2.02. The van der Waals surface area contributed by atoms with Crippen LogP contribution in [0.25, 0.3) is 0 Å². The molecule has 1 saturated heterocycles. The first-order chi connectivity index (χ1) is 9.61. The molecule has 1 aliphatic rings. The van der Waals surface area contributed by atoms with Crippen molar-refractivity contribution in [1.82, 2.24) is 4.90 Å². The number of nitrogens with zero attached hydrogens (tertiary/aromatic N) is 1. The summed E-state index contributed by atoms with van der Waals surface area (Å²) >= 11 is 0. The summed E-state index contributed by atoms with van der Waals surface area (Å²) in [5, 5.41) is 8.91. The second-order valence-electron chi connectivity index (χ2n) is 4.62. The topological polar surface area (TPSA) is 59.0 Å². The zero-order valence-corrected chi connectivity index (χ0v) is 11.3. The number of halogens is 1. The summed E-state index contributed by atoms with van der Waals surface area (Å²) in [6.45, 7) is 3.43. The molecule has 5 nitrogen and oxygen atoms in total. The molecule has 1 aromatic rings. The minimum Gasteiger partial charge on any atom is -0.478 e. The maximum Gasteiger partial charge on any atom is 0.263 e. The van der Waals surface area contributed by atoms with Gasteiger partial charge < -0.3 is 19.5 Å². The van der Waals surface area contributed by atoms with Crippen molar-refractivity contribution in [3.8, 4) is 5.75 Å². The Morgan fingerprint density at radius 1 is 1.50 bits per heavy atom. The Balaban J connectivity index is 1.99. The lowest BCUT2D eigenvalue weighted by Gasteiger charge is -2.29. The van der Waals surface area contributed by atoms with Crippen LogP contribution < -0.4 is 4.74 Å². The number of rotatable bonds is 4. The molecule has 1 amide bonds. The average Bonchev–Trinajstić information content (AvgIpc) is 2.49. The van der Waals surface area contributed by atoms with Crippen LogP contribution in [-0.4, -0.2) is 48.3 Å². The number of hydrogen-bond donors (Lipinski definition) is 1. The predicted molar refractivity (Wildman–Crippen MR) is 69.8 cm³/mol. The first-order valence-electron chi connectivity index (χ1n) is 6.54. The van der Waals surface area contributed by atoms with Crippen LogP contribution in [0.1, 0.15) is 12.5 Å². The summed E-state index contributed by atoms with van der Waals surface area (Å²) in [6, 6.07) is 4.18. The Morgan fingerprint density at radius 2 is 2.20 bits per heavy atom. The average molecular weight is 283 g/mol. The molecular weight excluding hydrogens is 265 g/mol. The molecule has 6 heteroatoms. The summed E-state index contributed by atoms with van der Waals surface area (Å²) < 4.78 is 24.3. The number of carbonyl (C=O) groups excluding carboxylic acids is 1. The van der Waals surface area contributed by atoms with E-state index in [4.69, 9.17) is 14.6 Å². The standard InChI is InChI=1S/C14H18FNO4/c1-10(14(18)16-4-6-19-7-5-16)20-13-3-2-11(9-17)8-12(13)15/h2-3,8,10,17H,4-7,9H2,1H3. The van der Waals surface area contributed by atoms with E-state index < -0.39 is 11.9 Å². The third-order valence-corrected chi connectivity index (χ3v) is 3.15. The normalized spacial score (nSPS) is 16.9. The summed E-state index contributed by atoms with van der Waals surface area (Å²) in [5.74, 6) is -0.756. The molecule has 2 rings (SSSR count). The molecule has 0 aliphatic carbocycles. The van der Waals surface area contributed by atoms with Crippen molar-refractivity contribution >= 4 is 5.91 Å². The van der Waals surface area contributed by atoms with Gasteiger partial charge in [0.15, 0.2) is 17.7 Å². The van der Waals surface area contributed by atoms with Gasteiger partial charge >= 0.3 is 0 Å². The summed E-state index contributed by atoms with van der Waals surface area (Å²) in [6.07, 6.45) is -0.762. The smallest absolute Gasteiger partial charge is 0.263 e. The highest BCUT2D eigenvalue weighted by molar-refractivity contribution is 5.81. The molecule has 0 radical (unpaired) electrons. The van der Waals surface area contributed by atoms with Gasteiger partial charge in [0, 0.05) is 13.1 Å². The van der Waals surface area contributed by atoms with Gasteiger partial charge in [0.25, 0.3) is 5.91 Å². The highest BCUT2D eigenvalue weighted by atomic mass is 19.1. The fourth-order valence-electron chi connectivity index (χ4n) is 2.02. The van der Waals surface area contributed by atoms with Crippen molar-refractivity contribution in [3.05, 3.63) is 29.6 Å². The fraction of sp³-hybridized carbons (Fsp3) is 0.500. The predicted octanol–water partition coefficient (Wildman–Crippen LogP) is 0.944. The number of hydrogen-bond acceptors (Lipinski definition) is 4. The van der Waals surface area contributed by atoms with Crippen molar-refractivity contribution in [3.63, 3.8) is 0 Å². The van der Waals surface area contributed by atoms with E-state index in [1.807, 2.05) is 0 Å². The molecule has 1 fully saturated rings. The second-order valence-corrected chi connectivity index (χ2v) is 4.62. The molecular formula is C14H18FNO4. The minimum absolute atomic E-state index is 0.0105. The van der Waals surface area contributed by atoms with E-state index >= 15 is 0 Å². The van der Waals surface area contributed by atoms with Crippen LogP contribution in [0.3, 0.4) is 0 Å². The van der Waals surface area contributed by atoms with Crippen LogP contribution in [0, 0.1) is 5.82 Å². The molecule has 1 aliphatic heterocycles. The number of ether oxygens (including phenoxy) is 2. The molecule has 0 saturated carbocycles. The van der Waals surface area contributed by atoms with Gasteiger partial charge in [-0.3, -0.25) is 4.79 Å². The molecule has 1 heterocycles. The van der Waals surface area contributed by atoms with Gasteiger partial charge in [-0.05, 0) is 24.6 Å². The Kier molecular flexibility index (Phi) is 4.92. The van der Waals surface area contributed by atoms with E-state index in [9.17, 15) is 9.18 Å². The summed E-state index contributed by atoms with van der Waals surface area (Å²) in [4.78, 5) is 13.8. The third kappa shape index (κ3) is 3.46. The Morgan fingerprint density at radius 3 is 2.80 bits per heavy atom. The first-order valence-corrected chi connectivity index (χ1v) is 6.54. The SMILES string of the molecule is CC(Oc1ccc(CO)cc1F)C(=O)N1CCOCC1. The van der Waals surface area contributed by atoms with E-state index in [0.29, 0.717) is 31.9 Å². The first kappa shape index (κ1) is 14.7. The van der Waals surface area contributed by atoms with Crippen molar-refractivity contribution < 1.29 is 23.8 Å². The van der Waals surface area contributed by atoms with Crippen molar-refractivity contribution in [2.45, 2.75) is 19.6 Å². The van der Waals surface area contributed by atoms with E-state index in [1.54, 1.807) is 17.9 Å². The number of amides is 1. The van der Waals surface area contributed by atoms with Gasteiger partial charge in [-0.1, -0.05) is 6.07 Å². The number of benzene rings is 1. The highest BCUT2D eigenvalue weighted by Gasteiger charge is 2.24. The third-order valence-electron chi connectivity index (χ3n) is 3.15. The van der Waals surface area contributed by atoms with Crippen LogP contribution in [0.5, 0.6) is 5.75 Å². The van der Waals surface area contributed by atoms with Gasteiger partial charge in [-0.25, -0.2) is 4.39 Å². The molecule has 0 aromatic heterocycles. The monoisotopic (exact) mass is 283 g/mol. The van der Waals surface area contributed by atoms with Gasteiger partial charge in [0.1, 0.15) is 0 Å². The van der Waals surface area contributed by atoms with Gasteiger partial charge in [0.05, 0.1) is 19.8 Å².